The zero-order chi connectivity index (χ0) is 17.8. The van der Waals surface area contributed by atoms with E-state index in [0.29, 0.717) is 11.6 Å². The van der Waals surface area contributed by atoms with E-state index in [4.69, 9.17) is 5.26 Å². The zero-order valence-corrected chi connectivity index (χ0v) is 14.6. The molecule has 0 N–H and O–H groups in total. The van der Waals surface area contributed by atoms with Gasteiger partial charge in [0.2, 0.25) is 0 Å². The summed E-state index contributed by atoms with van der Waals surface area (Å²) in [7, 11) is 0. The molecule has 130 valence electrons. The number of piperidine rings is 1. The quantitative estimate of drug-likeness (QED) is 0.726. The van der Waals surface area contributed by atoms with Crippen LogP contribution in [0.15, 0.2) is 60.9 Å². The largest absolute Gasteiger partial charge is 0.356 e. The van der Waals surface area contributed by atoms with E-state index >= 15 is 0 Å². The maximum absolute atomic E-state index is 9.09. The Labute approximate surface area is 153 Å². The molecule has 0 spiro atoms. The predicted octanol–water partition coefficient (Wildman–Crippen LogP) is 3.58. The topological polar surface area (TPSA) is 57.7 Å². The van der Waals surface area contributed by atoms with Gasteiger partial charge in [0.15, 0.2) is 0 Å². The number of hydrogen-bond donors (Lipinski definition) is 0. The van der Waals surface area contributed by atoms with E-state index in [1.807, 2.05) is 24.4 Å². The van der Waals surface area contributed by atoms with Crippen molar-refractivity contribution in [3.05, 3.63) is 78.0 Å². The summed E-state index contributed by atoms with van der Waals surface area (Å²) in [5, 5.41) is 9.09. The molecule has 1 fully saturated rings. The van der Waals surface area contributed by atoms with Gasteiger partial charge in [-0.2, -0.15) is 5.26 Å². The number of benzene rings is 1. The molecule has 1 aliphatic heterocycles. The lowest BCUT2D eigenvalue weighted by atomic mass is 9.97. The summed E-state index contributed by atoms with van der Waals surface area (Å²) in [4.78, 5) is 11.4. The van der Waals surface area contributed by atoms with Crippen LogP contribution in [0.4, 0.5) is 5.82 Å². The molecule has 1 atom stereocenters. The van der Waals surface area contributed by atoms with Crippen LogP contribution in [0.3, 0.4) is 0 Å². The summed E-state index contributed by atoms with van der Waals surface area (Å²) >= 11 is 0. The summed E-state index contributed by atoms with van der Waals surface area (Å²) in [6.45, 7) is 2.69. The third-order valence-corrected chi connectivity index (χ3v) is 4.90. The molecular formula is C21H21N5. The summed E-state index contributed by atoms with van der Waals surface area (Å²) in [5.74, 6) is 2.39. The van der Waals surface area contributed by atoms with Crippen molar-refractivity contribution in [2.75, 3.05) is 18.0 Å². The number of hydrogen-bond acceptors (Lipinski definition) is 4. The summed E-state index contributed by atoms with van der Waals surface area (Å²) in [5.41, 5.74) is 1.75. The van der Waals surface area contributed by atoms with Crippen LogP contribution in [0.2, 0.25) is 0 Å². The molecule has 0 amide bonds. The van der Waals surface area contributed by atoms with Crippen molar-refractivity contribution in [3.63, 3.8) is 0 Å². The second kappa shape index (κ2) is 7.40. The highest BCUT2D eigenvalue weighted by molar-refractivity contribution is 5.42. The molecule has 1 aliphatic rings. The van der Waals surface area contributed by atoms with Crippen molar-refractivity contribution in [2.45, 2.75) is 25.3 Å². The van der Waals surface area contributed by atoms with Gasteiger partial charge in [-0.15, -0.1) is 0 Å². The van der Waals surface area contributed by atoms with E-state index in [1.165, 1.54) is 5.56 Å². The van der Waals surface area contributed by atoms with Gasteiger partial charge in [-0.25, -0.2) is 9.97 Å². The maximum Gasteiger partial charge on any atom is 0.142 e. The van der Waals surface area contributed by atoms with Gasteiger partial charge in [0, 0.05) is 37.9 Å². The molecule has 3 aromatic rings. The Bertz CT molecular complexity index is 909. The highest BCUT2D eigenvalue weighted by Crippen LogP contribution is 2.28. The fourth-order valence-corrected chi connectivity index (χ4v) is 3.65. The number of nitriles is 1. The van der Waals surface area contributed by atoms with Crippen LogP contribution in [-0.2, 0) is 6.54 Å². The molecule has 2 aromatic heterocycles. The lowest BCUT2D eigenvalue weighted by Gasteiger charge is -2.33. The lowest BCUT2D eigenvalue weighted by molar-refractivity contribution is 0.474. The van der Waals surface area contributed by atoms with Gasteiger partial charge in [-0.1, -0.05) is 36.4 Å². The highest BCUT2D eigenvalue weighted by Gasteiger charge is 2.25. The Balaban J connectivity index is 1.53. The zero-order valence-electron chi connectivity index (χ0n) is 14.6. The van der Waals surface area contributed by atoms with Crippen molar-refractivity contribution in [1.29, 1.82) is 5.26 Å². The van der Waals surface area contributed by atoms with Crippen LogP contribution in [0.1, 0.15) is 35.8 Å². The molecular weight excluding hydrogens is 322 g/mol. The monoisotopic (exact) mass is 343 g/mol. The van der Waals surface area contributed by atoms with E-state index in [9.17, 15) is 0 Å². The highest BCUT2D eigenvalue weighted by atomic mass is 15.2. The van der Waals surface area contributed by atoms with E-state index in [0.717, 1.165) is 44.1 Å². The van der Waals surface area contributed by atoms with Crippen LogP contribution in [0, 0.1) is 11.3 Å². The minimum absolute atomic E-state index is 0.370. The molecule has 0 saturated carbocycles. The van der Waals surface area contributed by atoms with Crippen molar-refractivity contribution in [3.8, 4) is 6.07 Å². The Kier molecular flexibility index (Phi) is 4.65. The molecule has 1 unspecified atom stereocenters. The number of pyridine rings is 1. The summed E-state index contributed by atoms with van der Waals surface area (Å²) < 4.78 is 2.25. The average molecular weight is 343 g/mol. The van der Waals surface area contributed by atoms with Crippen LogP contribution < -0.4 is 4.90 Å². The van der Waals surface area contributed by atoms with E-state index in [2.05, 4.69) is 56.0 Å². The van der Waals surface area contributed by atoms with Crippen molar-refractivity contribution in [2.24, 2.45) is 0 Å². The average Bonchev–Trinajstić information content (AvgIpc) is 3.17. The van der Waals surface area contributed by atoms with Crippen LogP contribution in [0.25, 0.3) is 0 Å². The molecule has 1 saturated heterocycles. The van der Waals surface area contributed by atoms with Crippen LogP contribution in [-0.4, -0.2) is 27.6 Å². The second-order valence-corrected chi connectivity index (χ2v) is 6.68. The molecule has 0 bridgehead atoms. The maximum atomic E-state index is 9.09. The summed E-state index contributed by atoms with van der Waals surface area (Å²) in [6.07, 6.45) is 6.18. The van der Waals surface area contributed by atoms with Gasteiger partial charge in [-0.3, -0.25) is 0 Å². The van der Waals surface area contributed by atoms with Gasteiger partial charge in [0.1, 0.15) is 23.4 Å². The molecule has 5 heteroatoms. The molecule has 26 heavy (non-hydrogen) atoms. The third-order valence-electron chi connectivity index (χ3n) is 4.90. The van der Waals surface area contributed by atoms with Crippen molar-refractivity contribution < 1.29 is 0 Å². The molecule has 0 aliphatic carbocycles. The summed E-state index contributed by atoms with van der Waals surface area (Å²) in [6, 6.07) is 18.2. The van der Waals surface area contributed by atoms with E-state index in [-0.39, 0.29) is 0 Å². The van der Waals surface area contributed by atoms with Gasteiger partial charge in [0.25, 0.3) is 0 Å². The van der Waals surface area contributed by atoms with Crippen molar-refractivity contribution >= 4 is 5.82 Å². The number of anilines is 1. The number of nitrogens with zero attached hydrogens (tertiary/aromatic N) is 5. The molecule has 4 rings (SSSR count). The lowest BCUT2D eigenvalue weighted by Crippen LogP contribution is -2.36. The standard InChI is InChI=1S/C21H21N5/c22-14-19-9-4-10-20(24-19)25-12-5-8-18(16-25)21-23-11-13-26(21)15-17-6-2-1-3-7-17/h1-4,6-7,9-11,13,18H,5,8,12,15-16H2. The first-order valence-electron chi connectivity index (χ1n) is 9.00. The normalized spacial score (nSPS) is 17.0. The fourth-order valence-electron chi connectivity index (χ4n) is 3.65. The molecule has 5 nitrogen and oxygen atoms in total. The first kappa shape index (κ1) is 16.3. The van der Waals surface area contributed by atoms with E-state index in [1.54, 1.807) is 6.07 Å². The van der Waals surface area contributed by atoms with Crippen molar-refractivity contribution in [1.82, 2.24) is 14.5 Å². The number of aromatic nitrogens is 3. The molecule has 3 heterocycles. The number of rotatable bonds is 4. The fraction of sp³-hybridized carbons (Fsp3) is 0.286. The SMILES string of the molecule is N#Cc1cccc(N2CCCC(c3nccn3Cc3ccccc3)C2)n1. The third kappa shape index (κ3) is 3.45. The van der Waals surface area contributed by atoms with E-state index < -0.39 is 0 Å². The van der Waals surface area contributed by atoms with Gasteiger partial charge < -0.3 is 9.47 Å². The minimum Gasteiger partial charge on any atom is -0.356 e. The Morgan fingerprint density at radius 2 is 2.00 bits per heavy atom. The number of imidazole rings is 1. The Morgan fingerprint density at radius 3 is 2.85 bits per heavy atom. The van der Waals surface area contributed by atoms with Crippen LogP contribution in [0.5, 0.6) is 0 Å². The Hall–Kier alpha value is -3.13. The second-order valence-electron chi connectivity index (χ2n) is 6.68. The first-order valence-corrected chi connectivity index (χ1v) is 9.00. The van der Waals surface area contributed by atoms with Crippen LogP contribution >= 0.6 is 0 Å². The molecule has 0 radical (unpaired) electrons. The molecule has 1 aromatic carbocycles. The Morgan fingerprint density at radius 1 is 1.12 bits per heavy atom. The first-order chi connectivity index (χ1) is 12.8. The minimum atomic E-state index is 0.370. The predicted molar refractivity (Wildman–Crippen MR) is 101 cm³/mol. The smallest absolute Gasteiger partial charge is 0.142 e. The van der Waals surface area contributed by atoms with Gasteiger partial charge in [0.05, 0.1) is 0 Å². The van der Waals surface area contributed by atoms with Gasteiger partial charge in [-0.05, 0) is 30.5 Å². The van der Waals surface area contributed by atoms with Gasteiger partial charge >= 0.3 is 0 Å².